The lowest BCUT2D eigenvalue weighted by Crippen LogP contribution is -2.51. The van der Waals surface area contributed by atoms with Gasteiger partial charge in [-0.25, -0.2) is 9.69 Å². The van der Waals surface area contributed by atoms with E-state index in [0.717, 1.165) is 4.90 Å². The van der Waals surface area contributed by atoms with E-state index in [0.29, 0.717) is 11.3 Å². The van der Waals surface area contributed by atoms with Crippen LogP contribution in [0.2, 0.25) is 0 Å². The van der Waals surface area contributed by atoms with Crippen LogP contribution in [0.1, 0.15) is 49.7 Å². The van der Waals surface area contributed by atoms with Crippen LogP contribution in [0.25, 0.3) is 0 Å². The lowest BCUT2D eigenvalue weighted by Gasteiger charge is -2.27. The first-order chi connectivity index (χ1) is 18.8. The molecular weight excluding hydrogens is 502 g/mol. The van der Waals surface area contributed by atoms with Gasteiger partial charge in [-0.1, -0.05) is 36.4 Å². The van der Waals surface area contributed by atoms with Crippen molar-refractivity contribution in [2.24, 2.45) is 11.8 Å². The molecule has 6 rings (SSSR count). The fourth-order valence-electron chi connectivity index (χ4n) is 5.83. The molecular formula is C30H23NO8. The largest absolute Gasteiger partial charge is 0.497 e. The number of benzene rings is 3. The highest BCUT2D eigenvalue weighted by Gasteiger charge is 2.74. The second-order valence-electron chi connectivity index (χ2n) is 9.53. The normalized spacial score (nSPS) is 22.8. The number of hydrogen-bond acceptors (Lipinski definition) is 8. The Labute approximate surface area is 223 Å². The van der Waals surface area contributed by atoms with Gasteiger partial charge in [-0.2, -0.15) is 0 Å². The first-order valence-corrected chi connectivity index (χ1v) is 12.5. The number of imide groups is 1. The molecule has 9 heteroatoms. The van der Waals surface area contributed by atoms with Crippen molar-refractivity contribution < 1.29 is 38.2 Å². The summed E-state index contributed by atoms with van der Waals surface area (Å²) in [7, 11) is 1.52. The molecule has 1 aliphatic carbocycles. The predicted octanol–water partition coefficient (Wildman–Crippen LogP) is 3.57. The Hall–Kier alpha value is -4.63. The summed E-state index contributed by atoms with van der Waals surface area (Å²) in [5.74, 6) is -5.02. The van der Waals surface area contributed by atoms with Crippen molar-refractivity contribution in [2.75, 3.05) is 18.6 Å². The van der Waals surface area contributed by atoms with Crippen molar-refractivity contribution >= 4 is 35.0 Å². The van der Waals surface area contributed by atoms with Gasteiger partial charge in [0.2, 0.25) is 29.0 Å². The molecule has 0 radical (unpaired) electrons. The van der Waals surface area contributed by atoms with E-state index in [9.17, 15) is 24.0 Å². The molecule has 196 valence electrons. The van der Waals surface area contributed by atoms with E-state index in [1.807, 2.05) is 0 Å². The van der Waals surface area contributed by atoms with Gasteiger partial charge in [0, 0.05) is 11.1 Å². The monoisotopic (exact) mass is 525 g/mol. The number of esters is 1. The summed E-state index contributed by atoms with van der Waals surface area (Å²) in [6.07, 6.45) is -1.04. The topological polar surface area (TPSA) is 116 Å². The maximum absolute atomic E-state index is 14.0. The summed E-state index contributed by atoms with van der Waals surface area (Å²) in [6.45, 7) is 1.89. The maximum atomic E-state index is 14.0. The van der Waals surface area contributed by atoms with Crippen molar-refractivity contribution in [1.29, 1.82) is 0 Å². The molecule has 9 nitrogen and oxygen atoms in total. The van der Waals surface area contributed by atoms with E-state index in [1.165, 1.54) is 43.5 Å². The molecule has 3 atom stereocenters. The maximum Gasteiger partial charge on any atom is 0.338 e. The SMILES string of the molecule is CCOC(=O)c1ccc(N2C(=O)[C@@H]3[C@H](c4ccc(OC)cc4)OC4(C(=O)c5ccccc5C4=O)[C@H]3C2=O)cc1. The van der Waals surface area contributed by atoms with Gasteiger partial charge >= 0.3 is 5.97 Å². The van der Waals surface area contributed by atoms with Crippen molar-refractivity contribution in [3.05, 3.63) is 95.1 Å². The summed E-state index contributed by atoms with van der Waals surface area (Å²) in [4.78, 5) is 68.7. The van der Waals surface area contributed by atoms with Crippen LogP contribution in [-0.2, 0) is 19.1 Å². The molecule has 3 aromatic rings. The molecule has 0 unspecified atom stereocenters. The van der Waals surface area contributed by atoms with Crippen LogP contribution < -0.4 is 9.64 Å². The lowest BCUT2D eigenvalue weighted by atomic mass is 9.77. The molecule has 2 amide bonds. The number of carbonyl (C=O) groups is 5. The van der Waals surface area contributed by atoms with E-state index in [-0.39, 0.29) is 29.0 Å². The van der Waals surface area contributed by atoms with E-state index >= 15 is 0 Å². The van der Waals surface area contributed by atoms with Crippen LogP contribution in [0.4, 0.5) is 5.69 Å². The fraction of sp³-hybridized carbons (Fsp3) is 0.233. The van der Waals surface area contributed by atoms with Crippen LogP contribution in [-0.4, -0.2) is 48.7 Å². The Morgan fingerprint density at radius 1 is 0.872 bits per heavy atom. The molecule has 2 aliphatic heterocycles. The highest BCUT2D eigenvalue weighted by Crippen LogP contribution is 2.57. The number of ketones is 2. The molecule has 1 spiro atoms. The van der Waals surface area contributed by atoms with Crippen LogP contribution in [0.3, 0.4) is 0 Å². The number of Topliss-reactive ketones (excluding diaryl/α,β-unsaturated/α-hetero) is 2. The van der Waals surface area contributed by atoms with Gasteiger partial charge in [0.15, 0.2) is 0 Å². The average molecular weight is 526 g/mol. The third-order valence-corrected chi connectivity index (χ3v) is 7.60. The molecule has 0 N–H and O–H groups in total. The molecule has 39 heavy (non-hydrogen) atoms. The van der Waals surface area contributed by atoms with Crippen molar-refractivity contribution in [1.82, 2.24) is 0 Å². The van der Waals surface area contributed by atoms with Gasteiger partial charge < -0.3 is 14.2 Å². The van der Waals surface area contributed by atoms with Gasteiger partial charge in [0.25, 0.3) is 0 Å². The molecule has 0 bridgehead atoms. The highest BCUT2D eigenvalue weighted by molar-refractivity contribution is 6.37. The number of hydrogen-bond donors (Lipinski definition) is 0. The van der Waals surface area contributed by atoms with Crippen molar-refractivity contribution in [2.45, 2.75) is 18.6 Å². The average Bonchev–Trinajstić information content (AvgIpc) is 3.53. The first-order valence-electron chi connectivity index (χ1n) is 12.5. The van der Waals surface area contributed by atoms with Crippen LogP contribution in [0, 0.1) is 11.8 Å². The molecule has 0 saturated carbocycles. The second kappa shape index (κ2) is 8.99. The molecule has 3 aliphatic rings. The van der Waals surface area contributed by atoms with Gasteiger partial charge in [-0.3, -0.25) is 19.2 Å². The zero-order valence-corrected chi connectivity index (χ0v) is 21.1. The van der Waals surface area contributed by atoms with Crippen molar-refractivity contribution in [3.63, 3.8) is 0 Å². The lowest BCUT2D eigenvalue weighted by molar-refractivity contribution is -0.127. The number of anilines is 1. The smallest absolute Gasteiger partial charge is 0.338 e. The Kier molecular flexibility index (Phi) is 5.69. The first kappa shape index (κ1) is 24.7. The zero-order chi connectivity index (χ0) is 27.5. The zero-order valence-electron chi connectivity index (χ0n) is 21.1. The van der Waals surface area contributed by atoms with Crippen molar-refractivity contribution in [3.8, 4) is 5.75 Å². The molecule has 2 fully saturated rings. The standard InChI is InChI=1S/C30H23NO8/c1-3-38-29(36)17-8-12-18(13-9-17)31-27(34)22-23(28(31)35)30(25(32)20-6-4-5-7-21(20)26(30)33)39-24(22)16-10-14-19(37-2)15-11-16/h4-15,22-24H,3H2,1-2H3/t22-,23+,24-/m0/s1. The second-order valence-corrected chi connectivity index (χ2v) is 9.53. The summed E-state index contributed by atoms with van der Waals surface area (Å²) < 4.78 is 16.5. The number of carbonyl (C=O) groups excluding carboxylic acids is 5. The Balaban J connectivity index is 1.46. The van der Waals surface area contributed by atoms with Gasteiger partial charge in [-0.15, -0.1) is 0 Å². The minimum atomic E-state index is -2.16. The van der Waals surface area contributed by atoms with Gasteiger partial charge in [-0.05, 0) is 48.9 Å². The number of fused-ring (bicyclic) bond motifs is 3. The number of rotatable bonds is 5. The third-order valence-electron chi connectivity index (χ3n) is 7.60. The molecule has 2 heterocycles. The number of nitrogens with zero attached hydrogens (tertiary/aromatic N) is 1. The summed E-state index contributed by atoms with van der Waals surface area (Å²) in [5, 5.41) is 0. The quantitative estimate of drug-likeness (QED) is 0.282. The van der Waals surface area contributed by atoms with E-state index in [1.54, 1.807) is 43.3 Å². The van der Waals surface area contributed by atoms with Crippen LogP contribution >= 0.6 is 0 Å². The summed E-state index contributed by atoms with van der Waals surface area (Å²) in [5.41, 5.74) is -0.840. The minimum Gasteiger partial charge on any atom is -0.497 e. The summed E-state index contributed by atoms with van der Waals surface area (Å²) >= 11 is 0. The van der Waals surface area contributed by atoms with E-state index in [2.05, 4.69) is 0 Å². The Bertz CT molecular complexity index is 1510. The molecule has 3 aromatic carbocycles. The van der Waals surface area contributed by atoms with E-state index < -0.39 is 52.9 Å². The van der Waals surface area contributed by atoms with Gasteiger partial charge in [0.1, 0.15) is 5.75 Å². The Morgan fingerprint density at radius 3 is 2.05 bits per heavy atom. The number of ether oxygens (including phenoxy) is 3. The Morgan fingerprint density at radius 2 is 1.49 bits per heavy atom. The number of methoxy groups -OCH3 is 1. The number of amides is 2. The molecule has 2 saturated heterocycles. The fourth-order valence-corrected chi connectivity index (χ4v) is 5.83. The molecule has 0 aromatic heterocycles. The summed E-state index contributed by atoms with van der Waals surface area (Å²) in [6, 6.07) is 18.9. The van der Waals surface area contributed by atoms with Gasteiger partial charge in [0.05, 0.1) is 42.9 Å². The van der Waals surface area contributed by atoms with E-state index in [4.69, 9.17) is 14.2 Å². The van der Waals surface area contributed by atoms with Crippen LogP contribution in [0.15, 0.2) is 72.8 Å². The highest BCUT2D eigenvalue weighted by atomic mass is 16.5. The van der Waals surface area contributed by atoms with Crippen LogP contribution in [0.5, 0.6) is 5.75 Å². The third kappa shape index (κ3) is 3.39. The predicted molar refractivity (Wildman–Crippen MR) is 137 cm³/mol. The minimum absolute atomic E-state index is 0.161.